The van der Waals surface area contributed by atoms with E-state index >= 15 is 0 Å². The number of benzene rings is 3. The third-order valence-electron chi connectivity index (χ3n) is 3.81. The lowest BCUT2D eigenvalue weighted by molar-refractivity contribution is 0.0697. The fraction of sp³-hybridized carbons (Fsp3) is 0.0952. The van der Waals surface area contributed by atoms with E-state index < -0.39 is 5.97 Å². The molecule has 0 aliphatic carbocycles. The van der Waals surface area contributed by atoms with E-state index in [0.29, 0.717) is 6.61 Å². The molecule has 0 heterocycles. The molecule has 1 N–H and O–H groups in total. The lowest BCUT2D eigenvalue weighted by Crippen LogP contribution is -1.98. The van der Waals surface area contributed by atoms with Crippen LogP contribution in [0.15, 0.2) is 72.8 Å². The quantitative estimate of drug-likeness (QED) is 0.725. The third-order valence-corrected chi connectivity index (χ3v) is 3.81. The van der Waals surface area contributed by atoms with Gasteiger partial charge in [-0.25, -0.2) is 4.79 Å². The molecule has 0 bridgehead atoms. The molecule has 0 amide bonds. The highest BCUT2D eigenvalue weighted by molar-refractivity contribution is 5.87. The molecule has 0 saturated heterocycles. The van der Waals surface area contributed by atoms with Gasteiger partial charge in [0.05, 0.1) is 5.56 Å². The van der Waals surface area contributed by atoms with Crippen molar-refractivity contribution in [3.05, 3.63) is 89.5 Å². The molecule has 0 radical (unpaired) electrons. The first kappa shape index (κ1) is 15.8. The van der Waals surface area contributed by atoms with Gasteiger partial charge in [0.25, 0.3) is 0 Å². The Hall–Kier alpha value is -3.07. The van der Waals surface area contributed by atoms with Gasteiger partial charge < -0.3 is 9.84 Å². The number of hydrogen-bond donors (Lipinski definition) is 1. The van der Waals surface area contributed by atoms with Crippen molar-refractivity contribution in [3.8, 4) is 16.9 Å². The van der Waals surface area contributed by atoms with E-state index in [-0.39, 0.29) is 5.56 Å². The van der Waals surface area contributed by atoms with Crippen LogP contribution >= 0.6 is 0 Å². The van der Waals surface area contributed by atoms with Crippen LogP contribution < -0.4 is 4.74 Å². The number of aryl methyl sites for hydroxylation is 1. The second-order valence-electron chi connectivity index (χ2n) is 5.68. The molecule has 24 heavy (non-hydrogen) atoms. The maximum Gasteiger partial charge on any atom is 0.335 e. The molecule has 0 saturated carbocycles. The van der Waals surface area contributed by atoms with E-state index in [9.17, 15) is 4.79 Å². The summed E-state index contributed by atoms with van der Waals surface area (Å²) >= 11 is 0. The number of aromatic carboxylic acids is 1. The van der Waals surface area contributed by atoms with E-state index in [4.69, 9.17) is 9.84 Å². The van der Waals surface area contributed by atoms with Crippen LogP contribution in [0, 0.1) is 6.92 Å². The lowest BCUT2D eigenvalue weighted by atomic mass is 10.0. The fourth-order valence-electron chi connectivity index (χ4n) is 2.48. The minimum Gasteiger partial charge on any atom is -0.489 e. The normalized spacial score (nSPS) is 10.4. The minimum absolute atomic E-state index is 0.279. The van der Waals surface area contributed by atoms with Crippen molar-refractivity contribution in [2.75, 3.05) is 0 Å². The molecule has 0 aliphatic rings. The van der Waals surface area contributed by atoms with Gasteiger partial charge in [-0.15, -0.1) is 0 Å². The Morgan fingerprint density at radius 3 is 2.25 bits per heavy atom. The first-order chi connectivity index (χ1) is 11.6. The Morgan fingerprint density at radius 1 is 0.917 bits per heavy atom. The summed E-state index contributed by atoms with van der Waals surface area (Å²) < 4.78 is 5.76. The Labute approximate surface area is 141 Å². The molecule has 0 fully saturated rings. The van der Waals surface area contributed by atoms with Gasteiger partial charge in [-0.05, 0) is 47.9 Å². The summed E-state index contributed by atoms with van der Waals surface area (Å²) in [5.41, 5.74) is 4.78. The van der Waals surface area contributed by atoms with Crippen molar-refractivity contribution in [2.24, 2.45) is 0 Å². The van der Waals surface area contributed by atoms with E-state index in [1.165, 1.54) is 11.1 Å². The van der Waals surface area contributed by atoms with Crippen LogP contribution in [0.3, 0.4) is 0 Å². The SMILES string of the molecule is Cc1cccc(-c2ccc(OCc3ccc(C(=O)O)cc3)cc2)c1. The summed E-state index contributed by atoms with van der Waals surface area (Å²) in [5, 5.41) is 8.89. The van der Waals surface area contributed by atoms with Crippen LogP contribution in [-0.2, 0) is 6.61 Å². The number of ether oxygens (including phenoxy) is 1. The van der Waals surface area contributed by atoms with Gasteiger partial charge in [0.15, 0.2) is 0 Å². The van der Waals surface area contributed by atoms with Gasteiger partial charge in [-0.3, -0.25) is 0 Å². The first-order valence-electron chi connectivity index (χ1n) is 7.74. The summed E-state index contributed by atoms with van der Waals surface area (Å²) in [4.78, 5) is 10.8. The summed E-state index contributed by atoms with van der Waals surface area (Å²) in [7, 11) is 0. The summed E-state index contributed by atoms with van der Waals surface area (Å²) in [6.07, 6.45) is 0. The molecule has 0 aliphatic heterocycles. The van der Waals surface area contributed by atoms with Gasteiger partial charge in [0, 0.05) is 0 Å². The topological polar surface area (TPSA) is 46.5 Å². The number of hydrogen-bond acceptors (Lipinski definition) is 2. The Kier molecular flexibility index (Phi) is 4.62. The van der Waals surface area contributed by atoms with Crippen LogP contribution in [0.4, 0.5) is 0 Å². The van der Waals surface area contributed by atoms with E-state index in [1.54, 1.807) is 24.3 Å². The predicted molar refractivity (Wildman–Crippen MR) is 94.3 cm³/mol. The van der Waals surface area contributed by atoms with E-state index in [2.05, 4.69) is 31.2 Å². The average molecular weight is 318 g/mol. The standard InChI is InChI=1S/C21H18O3/c1-15-3-2-4-19(13-15)17-9-11-20(12-10-17)24-14-16-5-7-18(8-6-16)21(22)23/h2-13H,14H2,1H3,(H,22,23). The van der Waals surface area contributed by atoms with Crippen molar-refractivity contribution in [1.29, 1.82) is 0 Å². The zero-order valence-corrected chi connectivity index (χ0v) is 13.4. The van der Waals surface area contributed by atoms with Gasteiger partial charge >= 0.3 is 5.97 Å². The molecule has 3 heteroatoms. The van der Waals surface area contributed by atoms with Gasteiger partial charge in [-0.2, -0.15) is 0 Å². The minimum atomic E-state index is -0.922. The molecule has 3 aromatic rings. The van der Waals surface area contributed by atoms with Crippen LogP contribution in [0.5, 0.6) is 5.75 Å². The molecular weight excluding hydrogens is 300 g/mol. The Bertz CT molecular complexity index is 834. The van der Waals surface area contributed by atoms with Crippen molar-refractivity contribution in [2.45, 2.75) is 13.5 Å². The fourth-order valence-corrected chi connectivity index (χ4v) is 2.48. The highest BCUT2D eigenvalue weighted by atomic mass is 16.5. The van der Waals surface area contributed by atoms with Crippen LogP contribution in [0.2, 0.25) is 0 Å². The smallest absolute Gasteiger partial charge is 0.335 e. The number of rotatable bonds is 5. The molecule has 3 nitrogen and oxygen atoms in total. The van der Waals surface area contributed by atoms with Crippen molar-refractivity contribution < 1.29 is 14.6 Å². The summed E-state index contributed by atoms with van der Waals surface area (Å²) in [5.74, 6) is -0.136. The first-order valence-corrected chi connectivity index (χ1v) is 7.74. The molecular formula is C21H18O3. The van der Waals surface area contributed by atoms with E-state index in [0.717, 1.165) is 16.9 Å². The number of carboxylic acid groups (broad SMARTS) is 1. The largest absolute Gasteiger partial charge is 0.489 e. The van der Waals surface area contributed by atoms with Gasteiger partial charge in [-0.1, -0.05) is 54.1 Å². The molecule has 0 aromatic heterocycles. The van der Waals surface area contributed by atoms with E-state index in [1.807, 2.05) is 24.3 Å². The molecule has 120 valence electrons. The second-order valence-corrected chi connectivity index (χ2v) is 5.68. The maximum absolute atomic E-state index is 10.8. The Balaban J connectivity index is 1.65. The number of carboxylic acids is 1. The van der Waals surface area contributed by atoms with Crippen LogP contribution in [0.1, 0.15) is 21.5 Å². The zero-order valence-electron chi connectivity index (χ0n) is 13.4. The summed E-state index contributed by atoms with van der Waals surface area (Å²) in [6.45, 7) is 2.49. The van der Waals surface area contributed by atoms with Crippen molar-refractivity contribution in [3.63, 3.8) is 0 Å². The monoisotopic (exact) mass is 318 g/mol. The average Bonchev–Trinajstić information content (AvgIpc) is 2.61. The molecule has 0 unspecified atom stereocenters. The molecule has 0 atom stereocenters. The summed E-state index contributed by atoms with van der Waals surface area (Å²) in [6, 6.07) is 23.1. The van der Waals surface area contributed by atoms with Crippen LogP contribution in [-0.4, -0.2) is 11.1 Å². The molecule has 3 aromatic carbocycles. The zero-order chi connectivity index (χ0) is 16.9. The molecule has 0 spiro atoms. The van der Waals surface area contributed by atoms with Crippen molar-refractivity contribution >= 4 is 5.97 Å². The molecule has 3 rings (SSSR count). The Morgan fingerprint density at radius 2 is 1.62 bits per heavy atom. The third kappa shape index (κ3) is 3.82. The van der Waals surface area contributed by atoms with Gasteiger partial charge in [0.2, 0.25) is 0 Å². The highest BCUT2D eigenvalue weighted by Crippen LogP contribution is 2.23. The lowest BCUT2D eigenvalue weighted by Gasteiger charge is -2.08. The second kappa shape index (κ2) is 7.01. The van der Waals surface area contributed by atoms with Crippen LogP contribution in [0.25, 0.3) is 11.1 Å². The van der Waals surface area contributed by atoms with Crippen molar-refractivity contribution in [1.82, 2.24) is 0 Å². The number of carbonyl (C=O) groups is 1. The highest BCUT2D eigenvalue weighted by Gasteiger charge is 2.03. The maximum atomic E-state index is 10.8. The predicted octanol–water partition coefficient (Wildman–Crippen LogP) is 4.94. The van der Waals surface area contributed by atoms with Gasteiger partial charge in [0.1, 0.15) is 12.4 Å².